The molecule has 0 atom stereocenters. The van der Waals surface area contributed by atoms with E-state index in [-0.39, 0.29) is 22.5 Å². The highest BCUT2D eigenvalue weighted by Crippen LogP contribution is 2.20. The van der Waals surface area contributed by atoms with Gasteiger partial charge in [0.1, 0.15) is 17.9 Å². The molecule has 0 fully saturated rings. The van der Waals surface area contributed by atoms with E-state index in [1.165, 1.54) is 50.9 Å². The minimum absolute atomic E-state index is 0.00876. The predicted octanol–water partition coefficient (Wildman–Crippen LogP) is 2.55. The van der Waals surface area contributed by atoms with Gasteiger partial charge in [0.2, 0.25) is 5.88 Å². The number of methoxy groups -OCH3 is 2. The second kappa shape index (κ2) is 8.57. The lowest BCUT2D eigenvalue weighted by molar-refractivity contribution is 0.102. The average Bonchev–Trinajstić information content (AvgIpc) is 2.74. The van der Waals surface area contributed by atoms with Gasteiger partial charge in [-0.15, -0.1) is 0 Å². The molecule has 10 heteroatoms. The molecule has 0 bridgehead atoms. The summed E-state index contributed by atoms with van der Waals surface area (Å²) >= 11 is 0. The molecule has 9 nitrogen and oxygen atoms in total. The lowest BCUT2D eigenvalue weighted by atomic mass is 10.2. The Morgan fingerprint density at radius 2 is 1.72 bits per heavy atom. The molecule has 0 spiro atoms. The number of sulfonamides is 1. The Hall–Kier alpha value is -3.66. The average molecular weight is 414 g/mol. The Morgan fingerprint density at radius 3 is 2.41 bits per heavy atom. The number of aromatic nitrogens is 2. The Balaban J connectivity index is 1.72. The van der Waals surface area contributed by atoms with Crippen LogP contribution in [0.3, 0.4) is 0 Å². The largest absolute Gasteiger partial charge is 0.497 e. The predicted molar refractivity (Wildman–Crippen MR) is 107 cm³/mol. The zero-order valence-corrected chi connectivity index (χ0v) is 16.4. The molecule has 2 aromatic carbocycles. The second-order valence-corrected chi connectivity index (χ2v) is 7.44. The van der Waals surface area contributed by atoms with Gasteiger partial charge in [-0.2, -0.15) is 0 Å². The molecule has 0 aliphatic carbocycles. The second-order valence-electron chi connectivity index (χ2n) is 5.76. The van der Waals surface area contributed by atoms with Crippen LogP contribution in [0.15, 0.2) is 65.8 Å². The fourth-order valence-corrected chi connectivity index (χ4v) is 3.39. The number of ether oxygens (including phenoxy) is 2. The van der Waals surface area contributed by atoms with E-state index in [0.717, 1.165) is 0 Å². The number of carbonyl (C=O) groups is 1. The zero-order chi connectivity index (χ0) is 20.9. The van der Waals surface area contributed by atoms with Gasteiger partial charge in [0, 0.05) is 17.3 Å². The summed E-state index contributed by atoms with van der Waals surface area (Å²) in [6, 6.07) is 13.8. The summed E-state index contributed by atoms with van der Waals surface area (Å²) in [5, 5.41) is 2.71. The molecule has 1 heterocycles. The summed E-state index contributed by atoms with van der Waals surface area (Å²) in [5.41, 5.74) is 0.862. The number of rotatable bonds is 7. The third kappa shape index (κ3) is 4.99. The SMILES string of the molecule is COc1cccc(C(=O)Nc2ccc(S(=O)(=O)Nc3cc(OC)ncn3)cc2)c1. The Labute approximate surface area is 167 Å². The van der Waals surface area contributed by atoms with Crippen LogP contribution in [0, 0.1) is 0 Å². The smallest absolute Gasteiger partial charge is 0.263 e. The van der Waals surface area contributed by atoms with Gasteiger partial charge < -0.3 is 14.8 Å². The van der Waals surface area contributed by atoms with Crippen molar-refractivity contribution in [2.45, 2.75) is 4.90 Å². The lowest BCUT2D eigenvalue weighted by Gasteiger charge is -2.10. The minimum Gasteiger partial charge on any atom is -0.497 e. The molecule has 1 amide bonds. The molecule has 0 saturated carbocycles. The van der Waals surface area contributed by atoms with Crippen LogP contribution < -0.4 is 19.5 Å². The van der Waals surface area contributed by atoms with Crippen molar-refractivity contribution in [3.63, 3.8) is 0 Å². The molecule has 3 aromatic rings. The van der Waals surface area contributed by atoms with Gasteiger partial charge >= 0.3 is 0 Å². The van der Waals surface area contributed by atoms with E-state index >= 15 is 0 Å². The molecule has 29 heavy (non-hydrogen) atoms. The Kier molecular flexibility index (Phi) is 5.93. The van der Waals surface area contributed by atoms with Crippen molar-refractivity contribution in [2.75, 3.05) is 24.3 Å². The number of nitrogens with zero attached hydrogens (tertiary/aromatic N) is 2. The molecule has 0 saturated heterocycles. The van der Waals surface area contributed by atoms with E-state index in [2.05, 4.69) is 20.0 Å². The number of anilines is 2. The van der Waals surface area contributed by atoms with Gasteiger partial charge in [-0.1, -0.05) is 6.07 Å². The highest BCUT2D eigenvalue weighted by atomic mass is 32.2. The first-order chi connectivity index (χ1) is 13.9. The monoisotopic (exact) mass is 414 g/mol. The van der Waals surface area contributed by atoms with Gasteiger partial charge in [-0.05, 0) is 42.5 Å². The van der Waals surface area contributed by atoms with Crippen LogP contribution >= 0.6 is 0 Å². The molecule has 0 unspecified atom stereocenters. The fraction of sp³-hybridized carbons (Fsp3) is 0.105. The van der Waals surface area contributed by atoms with E-state index in [9.17, 15) is 13.2 Å². The first-order valence-corrected chi connectivity index (χ1v) is 9.84. The topological polar surface area (TPSA) is 120 Å². The molecule has 0 aliphatic rings. The molecule has 2 N–H and O–H groups in total. The number of hydrogen-bond acceptors (Lipinski definition) is 7. The summed E-state index contributed by atoms with van der Waals surface area (Å²) in [5.74, 6) is 0.526. The summed E-state index contributed by atoms with van der Waals surface area (Å²) in [6.45, 7) is 0. The highest BCUT2D eigenvalue weighted by molar-refractivity contribution is 7.92. The summed E-state index contributed by atoms with van der Waals surface area (Å²) in [6.07, 6.45) is 1.19. The van der Waals surface area contributed by atoms with Crippen molar-refractivity contribution in [2.24, 2.45) is 0 Å². The Morgan fingerprint density at radius 1 is 0.966 bits per heavy atom. The highest BCUT2D eigenvalue weighted by Gasteiger charge is 2.16. The summed E-state index contributed by atoms with van der Waals surface area (Å²) in [7, 11) is -0.938. The van der Waals surface area contributed by atoms with Crippen molar-refractivity contribution < 1.29 is 22.7 Å². The van der Waals surface area contributed by atoms with E-state index < -0.39 is 10.0 Å². The minimum atomic E-state index is -3.87. The lowest BCUT2D eigenvalue weighted by Crippen LogP contribution is -2.15. The van der Waals surface area contributed by atoms with Crippen molar-refractivity contribution in [1.82, 2.24) is 9.97 Å². The molecule has 0 aliphatic heterocycles. The number of carbonyl (C=O) groups excluding carboxylic acids is 1. The quantitative estimate of drug-likeness (QED) is 0.610. The van der Waals surface area contributed by atoms with Gasteiger partial charge in [0.25, 0.3) is 15.9 Å². The van der Waals surface area contributed by atoms with Crippen molar-refractivity contribution in [1.29, 1.82) is 0 Å². The molecule has 3 rings (SSSR count). The van der Waals surface area contributed by atoms with Gasteiger partial charge in [-0.25, -0.2) is 18.4 Å². The van der Waals surface area contributed by atoms with Crippen LogP contribution in [0.25, 0.3) is 0 Å². The number of benzene rings is 2. The standard InChI is InChI=1S/C19H18N4O5S/c1-27-15-5-3-4-13(10-15)19(24)22-14-6-8-16(9-7-14)29(25,26)23-17-11-18(28-2)21-12-20-17/h3-12H,1-2H3,(H,22,24)(H,20,21,23). The first-order valence-electron chi connectivity index (χ1n) is 8.35. The van der Waals surface area contributed by atoms with Crippen LogP contribution in [0.5, 0.6) is 11.6 Å². The maximum absolute atomic E-state index is 12.5. The maximum Gasteiger partial charge on any atom is 0.263 e. The van der Waals surface area contributed by atoms with Crippen LogP contribution in [-0.4, -0.2) is 38.5 Å². The first kappa shape index (κ1) is 20.1. The van der Waals surface area contributed by atoms with E-state index in [1.54, 1.807) is 24.3 Å². The molecule has 1 aromatic heterocycles. The van der Waals surface area contributed by atoms with Crippen LogP contribution in [0.4, 0.5) is 11.5 Å². The molecular formula is C19H18N4O5S. The number of nitrogens with one attached hydrogen (secondary N) is 2. The van der Waals surface area contributed by atoms with Gasteiger partial charge in [0.15, 0.2) is 0 Å². The van der Waals surface area contributed by atoms with Crippen molar-refractivity contribution >= 4 is 27.4 Å². The van der Waals surface area contributed by atoms with Crippen LogP contribution in [-0.2, 0) is 10.0 Å². The van der Waals surface area contributed by atoms with Crippen LogP contribution in [0.1, 0.15) is 10.4 Å². The van der Waals surface area contributed by atoms with Crippen molar-refractivity contribution in [3.8, 4) is 11.6 Å². The molecule has 150 valence electrons. The molecular weight excluding hydrogens is 396 g/mol. The van der Waals surface area contributed by atoms with Gasteiger partial charge in [-0.3, -0.25) is 9.52 Å². The maximum atomic E-state index is 12.5. The van der Waals surface area contributed by atoms with E-state index in [1.807, 2.05) is 0 Å². The normalized spacial score (nSPS) is 10.8. The third-order valence-electron chi connectivity index (χ3n) is 3.84. The summed E-state index contributed by atoms with van der Waals surface area (Å²) < 4.78 is 37.4. The fourth-order valence-electron chi connectivity index (χ4n) is 2.39. The van der Waals surface area contributed by atoms with Crippen molar-refractivity contribution in [3.05, 3.63) is 66.5 Å². The number of hydrogen-bond donors (Lipinski definition) is 2. The third-order valence-corrected chi connectivity index (χ3v) is 5.22. The number of amides is 1. The summed E-state index contributed by atoms with van der Waals surface area (Å²) in [4.78, 5) is 20.0. The Bertz CT molecular complexity index is 1120. The zero-order valence-electron chi connectivity index (χ0n) is 15.6. The molecule has 0 radical (unpaired) electrons. The van der Waals surface area contributed by atoms with Gasteiger partial charge in [0.05, 0.1) is 19.1 Å². The van der Waals surface area contributed by atoms with E-state index in [0.29, 0.717) is 17.0 Å². The van der Waals surface area contributed by atoms with Crippen LogP contribution in [0.2, 0.25) is 0 Å². The van der Waals surface area contributed by atoms with E-state index in [4.69, 9.17) is 9.47 Å².